The lowest BCUT2D eigenvalue weighted by molar-refractivity contribution is -0.385. The van der Waals surface area contributed by atoms with Crippen LogP contribution in [0, 0.1) is 16.0 Å². The van der Waals surface area contributed by atoms with E-state index in [-0.39, 0.29) is 42.2 Å². The minimum atomic E-state index is -0.725. The maximum atomic E-state index is 13.2. The van der Waals surface area contributed by atoms with Gasteiger partial charge in [0, 0.05) is 30.2 Å². The molecule has 0 aliphatic heterocycles. The zero-order valence-electron chi connectivity index (χ0n) is 19.7. The van der Waals surface area contributed by atoms with Gasteiger partial charge >= 0.3 is 5.69 Å². The van der Waals surface area contributed by atoms with Crippen LogP contribution in [0.3, 0.4) is 0 Å². The summed E-state index contributed by atoms with van der Waals surface area (Å²) in [4.78, 5) is 38.1. The summed E-state index contributed by atoms with van der Waals surface area (Å²) >= 11 is 6.31. The Hall–Kier alpha value is -3.33. The van der Waals surface area contributed by atoms with Crippen LogP contribution >= 0.6 is 11.6 Å². The molecule has 2 rings (SSSR count). The lowest BCUT2D eigenvalue weighted by atomic mass is 10.1. The molecule has 0 saturated heterocycles. The summed E-state index contributed by atoms with van der Waals surface area (Å²) in [7, 11) is 1.31. The van der Waals surface area contributed by atoms with E-state index >= 15 is 0 Å². The standard InChI is InChI=1S/C24H30ClN3O6/c1-5-20(24(30)26-13-16(2)3)27(14-17-8-6-7-9-19(17)25)23(29)15-34-18-10-11-21(28(31)32)22(12-18)33-4/h6-12,16,20H,5,13-15H2,1-4H3,(H,26,30). The first-order valence-corrected chi connectivity index (χ1v) is 11.3. The number of rotatable bonds is 12. The van der Waals surface area contributed by atoms with Crippen LogP contribution in [0.4, 0.5) is 5.69 Å². The number of carbonyl (C=O) groups is 2. The van der Waals surface area contributed by atoms with Gasteiger partial charge in [-0.15, -0.1) is 0 Å². The summed E-state index contributed by atoms with van der Waals surface area (Å²) in [6.45, 7) is 6.04. The van der Waals surface area contributed by atoms with Crippen LogP contribution in [0.2, 0.25) is 5.02 Å². The number of hydrogen-bond acceptors (Lipinski definition) is 6. The third-order valence-corrected chi connectivity index (χ3v) is 5.45. The smallest absolute Gasteiger partial charge is 0.311 e. The van der Waals surface area contributed by atoms with Crippen molar-refractivity contribution in [3.05, 3.63) is 63.2 Å². The van der Waals surface area contributed by atoms with E-state index in [4.69, 9.17) is 21.1 Å². The number of amides is 2. The molecule has 0 heterocycles. The monoisotopic (exact) mass is 491 g/mol. The second kappa shape index (κ2) is 12.8. The van der Waals surface area contributed by atoms with Crippen LogP contribution in [-0.2, 0) is 16.1 Å². The molecule has 34 heavy (non-hydrogen) atoms. The molecule has 1 N–H and O–H groups in total. The number of methoxy groups -OCH3 is 1. The van der Waals surface area contributed by atoms with Crippen LogP contribution in [-0.4, -0.2) is 47.9 Å². The Balaban J connectivity index is 2.25. The number of carbonyl (C=O) groups excluding carboxylic acids is 2. The van der Waals surface area contributed by atoms with Crippen molar-refractivity contribution >= 4 is 29.1 Å². The third-order valence-electron chi connectivity index (χ3n) is 5.08. The number of ether oxygens (including phenoxy) is 2. The van der Waals surface area contributed by atoms with Crippen molar-refractivity contribution in [3.63, 3.8) is 0 Å². The van der Waals surface area contributed by atoms with Gasteiger partial charge in [0.25, 0.3) is 5.91 Å². The highest BCUT2D eigenvalue weighted by Gasteiger charge is 2.29. The van der Waals surface area contributed by atoms with Gasteiger partial charge in [-0.05, 0) is 30.0 Å². The van der Waals surface area contributed by atoms with Gasteiger partial charge in [-0.2, -0.15) is 0 Å². The molecular weight excluding hydrogens is 462 g/mol. The zero-order chi connectivity index (χ0) is 25.3. The van der Waals surface area contributed by atoms with Gasteiger partial charge in [0.2, 0.25) is 11.7 Å². The van der Waals surface area contributed by atoms with E-state index in [9.17, 15) is 19.7 Å². The van der Waals surface area contributed by atoms with Crippen molar-refractivity contribution in [1.82, 2.24) is 10.2 Å². The molecule has 0 aliphatic carbocycles. The fraction of sp³-hybridized carbons (Fsp3) is 0.417. The predicted molar refractivity (Wildman–Crippen MR) is 129 cm³/mol. The van der Waals surface area contributed by atoms with Gasteiger partial charge in [-0.1, -0.05) is 50.6 Å². The number of nitrogens with one attached hydrogen (secondary N) is 1. The highest BCUT2D eigenvalue weighted by Crippen LogP contribution is 2.31. The Morgan fingerprint density at radius 3 is 2.50 bits per heavy atom. The first-order chi connectivity index (χ1) is 16.2. The molecule has 0 aromatic heterocycles. The van der Waals surface area contributed by atoms with Crippen molar-refractivity contribution in [2.75, 3.05) is 20.3 Å². The molecule has 2 aromatic carbocycles. The number of hydrogen-bond donors (Lipinski definition) is 1. The van der Waals surface area contributed by atoms with Gasteiger partial charge in [0.1, 0.15) is 11.8 Å². The van der Waals surface area contributed by atoms with Crippen LogP contribution in [0.15, 0.2) is 42.5 Å². The molecule has 2 amide bonds. The first-order valence-electron chi connectivity index (χ1n) is 10.9. The summed E-state index contributed by atoms with van der Waals surface area (Å²) in [6, 6.07) is 10.4. The molecule has 10 heteroatoms. The number of nitrogens with zero attached hydrogens (tertiary/aromatic N) is 2. The average molecular weight is 492 g/mol. The van der Waals surface area contributed by atoms with Crippen LogP contribution in [0.1, 0.15) is 32.8 Å². The SMILES string of the molecule is CCC(C(=O)NCC(C)C)N(Cc1ccccc1Cl)C(=O)COc1ccc([N+](=O)[O-])c(OC)c1. The molecule has 0 saturated carbocycles. The van der Waals surface area contributed by atoms with Gasteiger partial charge in [0.05, 0.1) is 12.0 Å². The molecule has 0 radical (unpaired) electrons. The lowest BCUT2D eigenvalue weighted by Crippen LogP contribution is -2.50. The maximum Gasteiger partial charge on any atom is 0.311 e. The van der Waals surface area contributed by atoms with Gasteiger partial charge in [0.15, 0.2) is 6.61 Å². The van der Waals surface area contributed by atoms with Crippen molar-refractivity contribution in [3.8, 4) is 11.5 Å². The van der Waals surface area contributed by atoms with Crippen molar-refractivity contribution in [1.29, 1.82) is 0 Å². The minimum absolute atomic E-state index is 0.0161. The minimum Gasteiger partial charge on any atom is -0.490 e. The molecule has 0 aliphatic rings. The van der Waals surface area contributed by atoms with Crippen LogP contribution in [0.5, 0.6) is 11.5 Å². The van der Waals surface area contributed by atoms with Gasteiger partial charge in [-0.25, -0.2) is 0 Å². The summed E-state index contributed by atoms with van der Waals surface area (Å²) in [5.41, 5.74) is 0.485. The lowest BCUT2D eigenvalue weighted by Gasteiger charge is -2.31. The van der Waals surface area contributed by atoms with Gasteiger partial charge < -0.3 is 19.7 Å². The molecule has 9 nitrogen and oxygen atoms in total. The Morgan fingerprint density at radius 1 is 1.21 bits per heavy atom. The van der Waals surface area contributed by atoms with Crippen molar-refractivity contribution in [2.45, 2.75) is 39.8 Å². The Morgan fingerprint density at radius 2 is 1.91 bits per heavy atom. The Kier molecular flexibility index (Phi) is 10.1. The fourth-order valence-corrected chi connectivity index (χ4v) is 3.47. The van der Waals surface area contributed by atoms with Crippen LogP contribution < -0.4 is 14.8 Å². The summed E-state index contributed by atoms with van der Waals surface area (Å²) in [6.07, 6.45) is 0.394. The summed E-state index contributed by atoms with van der Waals surface area (Å²) < 4.78 is 10.7. The van der Waals surface area contributed by atoms with E-state index in [2.05, 4.69) is 5.32 Å². The van der Waals surface area contributed by atoms with E-state index in [1.807, 2.05) is 26.8 Å². The van der Waals surface area contributed by atoms with Gasteiger partial charge in [-0.3, -0.25) is 19.7 Å². The highest BCUT2D eigenvalue weighted by molar-refractivity contribution is 6.31. The number of nitro groups is 1. The highest BCUT2D eigenvalue weighted by atomic mass is 35.5. The first kappa shape index (κ1) is 26.9. The van der Waals surface area contributed by atoms with E-state index < -0.39 is 16.9 Å². The number of halogens is 1. The molecule has 0 bridgehead atoms. The van der Waals surface area contributed by atoms with E-state index in [0.29, 0.717) is 23.6 Å². The molecule has 0 fully saturated rings. The number of nitro benzene ring substituents is 1. The maximum absolute atomic E-state index is 13.2. The topological polar surface area (TPSA) is 111 Å². The van der Waals surface area contributed by atoms with Crippen LogP contribution in [0.25, 0.3) is 0 Å². The molecule has 184 valence electrons. The number of benzene rings is 2. The van der Waals surface area contributed by atoms with E-state index in [0.717, 1.165) is 0 Å². The summed E-state index contributed by atoms with van der Waals surface area (Å²) in [5.74, 6) is -0.180. The second-order valence-electron chi connectivity index (χ2n) is 8.06. The molecule has 2 aromatic rings. The quantitative estimate of drug-likeness (QED) is 0.351. The predicted octanol–water partition coefficient (Wildman–Crippen LogP) is 4.22. The molecule has 1 atom stereocenters. The Bertz CT molecular complexity index is 1010. The fourth-order valence-electron chi connectivity index (χ4n) is 3.28. The molecular formula is C24H30ClN3O6. The molecule has 1 unspecified atom stereocenters. The van der Waals surface area contributed by atoms with E-state index in [1.54, 1.807) is 18.2 Å². The largest absolute Gasteiger partial charge is 0.490 e. The second-order valence-corrected chi connectivity index (χ2v) is 8.46. The molecule has 0 spiro atoms. The third kappa shape index (κ3) is 7.34. The van der Waals surface area contributed by atoms with Crippen molar-refractivity contribution < 1.29 is 24.0 Å². The average Bonchev–Trinajstić information content (AvgIpc) is 2.81. The zero-order valence-corrected chi connectivity index (χ0v) is 20.5. The normalized spacial score (nSPS) is 11.6. The summed E-state index contributed by atoms with van der Waals surface area (Å²) in [5, 5.41) is 14.5. The van der Waals surface area contributed by atoms with E-state index in [1.165, 1.54) is 30.2 Å². The van der Waals surface area contributed by atoms with Crippen molar-refractivity contribution in [2.24, 2.45) is 5.92 Å². The Labute approximate surface area is 204 Å².